The molecule has 0 saturated heterocycles. The smallest absolute Gasteiger partial charge is 0.0705 e. The summed E-state index contributed by atoms with van der Waals surface area (Å²) in [6.07, 6.45) is 0. The summed E-state index contributed by atoms with van der Waals surface area (Å²) in [5, 5.41) is 1.14. The maximum Gasteiger partial charge on any atom is 0.0705 e. The van der Waals surface area contributed by atoms with Gasteiger partial charge in [0.05, 0.1) is 11.6 Å². The second-order valence-corrected chi connectivity index (χ2v) is 5.67. The molecule has 2 aromatic carbocycles. The molecule has 1 aromatic heterocycles. The molecule has 2 nitrogen and oxygen atoms in total. The average Bonchev–Trinajstić information content (AvgIpc) is 2.49. The fourth-order valence-corrected chi connectivity index (χ4v) is 2.73. The number of pyridine rings is 1. The molecular weight excluding hydrogens is 256 g/mol. The third kappa shape index (κ3) is 2.55. The molecule has 3 rings (SSSR count). The largest absolute Gasteiger partial charge is 0.320 e. The van der Waals surface area contributed by atoms with E-state index in [1.54, 1.807) is 0 Å². The molecule has 0 spiro atoms. The van der Waals surface area contributed by atoms with Gasteiger partial charge in [0, 0.05) is 11.1 Å². The van der Waals surface area contributed by atoms with Gasteiger partial charge in [-0.05, 0) is 61.2 Å². The SMILES string of the molecule is Cc1ccc2cc(C(N)c3cccc(C)c3C)ccc2n1. The van der Waals surface area contributed by atoms with E-state index in [0.717, 1.165) is 22.2 Å². The molecule has 1 heterocycles. The first-order valence-corrected chi connectivity index (χ1v) is 7.25. The molecule has 0 aliphatic carbocycles. The van der Waals surface area contributed by atoms with Gasteiger partial charge in [-0.2, -0.15) is 0 Å². The average molecular weight is 276 g/mol. The van der Waals surface area contributed by atoms with Gasteiger partial charge >= 0.3 is 0 Å². The molecule has 2 heteroatoms. The summed E-state index contributed by atoms with van der Waals surface area (Å²) in [7, 11) is 0. The van der Waals surface area contributed by atoms with Gasteiger partial charge in [-0.3, -0.25) is 4.98 Å². The minimum absolute atomic E-state index is 0.101. The van der Waals surface area contributed by atoms with Crippen LogP contribution >= 0.6 is 0 Å². The van der Waals surface area contributed by atoms with Crippen LogP contribution in [0.2, 0.25) is 0 Å². The van der Waals surface area contributed by atoms with Crippen LogP contribution in [0.3, 0.4) is 0 Å². The molecule has 0 saturated carbocycles. The van der Waals surface area contributed by atoms with E-state index in [1.165, 1.54) is 16.7 Å². The number of fused-ring (bicyclic) bond motifs is 1. The van der Waals surface area contributed by atoms with Crippen LogP contribution in [0.4, 0.5) is 0 Å². The molecule has 1 unspecified atom stereocenters. The first-order valence-electron chi connectivity index (χ1n) is 7.25. The number of nitrogens with zero attached hydrogens (tertiary/aromatic N) is 1. The Morgan fingerprint density at radius 1 is 0.952 bits per heavy atom. The lowest BCUT2D eigenvalue weighted by Crippen LogP contribution is -2.13. The number of nitrogens with two attached hydrogens (primary N) is 1. The van der Waals surface area contributed by atoms with Crippen molar-refractivity contribution in [2.45, 2.75) is 26.8 Å². The zero-order chi connectivity index (χ0) is 15.0. The van der Waals surface area contributed by atoms with Crippen molar-refractivity contribution in [2.75, 3.05) is 0 Å². The predicted molar refractivity (Wildman–Crippen MR) is 88.4 cm³/mol. The highest BCUT2D eigenvalue weighted by molar-refractivity contribution is 5.79. The van der Waals surface area contributed by atoms with Crippen molar-refractivity contribution in [3.63, 3.8) is 0 Å². The Hall–Kier alpha value is -2.19. The van der Waals surface area contributed by atoms with Crippen molar-refractivity contribution in [3.8, 4) is 0 Å². The van der Waals surface area contributed by atoms with Crippen molar-refractivity contribution >= 4 is 10.9 Å². The maximum atomic E-state index is 6.49. The molecular formula is C19H20N2. The van der Waals surface area contributed by atoms with Crippen molar-refractivity contribution < 1.29 is 0 Å². The van der Waals surface area contributed by atoms with Gasteiger partial charge in [0.15, 0.2) is 0 Å². The number of hydrogen-bond donors (Lipinski definition) is 1. The minimum Gasteiger partial charge on any atom is -0.320 e. The summed E-state index contributed by atoms with van der Waals surface area (Å²) in [6.45, 7) is 6.27. The van der Waals surface area contributed by atoms with Crippen LogP contribution in [0.15, 0.2) is 48.5 Å². The molecule has 0 fully saturated rings. The molecule has 106 valence electrons. The Bertz CT molecular complexity index is 806. The second kappa shape index (κ2) is 5.30. The van der Waals surface area contributed by atoms with Crippen LogP contribution in [0, 0.1) is 20.8 Å². The van der Waals surface area contributed by atoms with Crippen LogP contribution in [0.5, 0.6) is 0 Å². The molecule has 0 aliphatic heterocycles. The monoisotopic (exact) mass is 276 g/mol. The number of rotatable bonds is 2. The zero-order valence-corrected chi connectivity index (χ0v) is 12.7. The van der Waals surface area contributed by atoms with Crippen LogP contribution in [-0.2, 0) is 0 Å². The topological polar surface area (TPSA) is 38.9 Å². The first-order chi connectivity index (χ1) is 10.1. The fourth-order valence-electron chi connectivity index (χ4n) is 2.73. The van der Waals surface area contributed by atoms with Crippen molar-refractivity contribution in [2.24, 2.45) is 5.73 Å². The van der Waals surface area contributed by atoms with Gasteiger partial charge in [0.2, 0.25) is 0 Å². The van der Waals surface area contributed by atoms with E-state index in [0.29, 0.717) is 0 Å². The van der Waals surface area contributed by atoms with Crippen LogP contribution < -0.4 is 5.73 Å². The van der Waals surface area contributed by atoms with E-state index in [-0.39, 0.29) is 6.04 Å². The van der Waals surface area contributed by atoms with Gasteiger partial charge < -0.3 is 5.73 Å². The quantitative estimate of drug-likeness (QED) is 0.761. The number of benzene rings is 2. The molecule has 2 N–H and O–H groups in total. The minimum atomic E-state index is -0.101. The van der Waals surface area contributed by atoms with Crippen molar-refractivity contribution in [1.29, 1.82) is 0 Å². The Kier molecular flexibility index (Phi) is 3.48. The van der Waals surface area contributed by atoms with Crippen LogP contribution in [-0.4, -0.2) is 4.98 Å². The molecule has 3 aromatic rings. The second-order valence-electron chi connectivity index (χ2n) is 5.67. The lowest BCUT2D eigenvalue weighted by molar-refractivity contribution is 0.860. The fraction of sp³-hybridized carbons (Fsp3) is 0.211. The van der Waals surface area contributed by atoms with Crippen molar-refractivity contribution in [3.05, 3.63) is 76.5 Å². The Morgan fingerprint density at radius 2 is 1.76 bits per heavy atom. The van der Waals surface area contributed by atoms with E-state index in [4.69, 9.17) is 5.73 Å². The van der Waals surface area contributed by atoms with E-state index >= 15 is 0 Å². The molecule has 0 amide bonds. The van der Waals surface area contributed by atoms with Gasteiger partial charge in [0.25, 0.3) is 0 Å². The molecule has 21 heavy (non-hydrogen) atoms. The normalized spacial score (nSPS) is 12.6. The Morgan fingerprint density at radius 3 is 2.57 bits per heavy atom. The highest BCUT2D eigenvalue weighted by atomic mass is 14.7. The van der Waals surface area contributed by atoms with E-state index in [2.05, 4.69) is 61.3 Å². The lowest BCUT2D eigenvalue weighted by atomic mass is 9.92. The summed E-state index contributed by atoms with van der Waals surface area (Å²) >= 11 is 0. The third-order valence-corrected chi connectivity index (χ3v) is 4.19. The summed E-state index contributed by atoms with van der Waals surface area (Å²) in [5.41, 5.74) is 13.4. The molecule has 0 aliphatic rings. The van der Waals surface area contributed by atoms with E-state index < -0.39 is 0 Å². The highest BCUT2D eigenvalue weighted by Crippen LogP contribution is 2.26. The summed E-state index contributed by atoms with van der Waals surface area (Å²) < 4.78 is 0. The third-order valence-electron chi connectivity index (χ3n) is 4.19. The summed E-state index contributed by atoms with van der Waals surface area (Å²) in [5.74, 6) is 0. The molecule has 1 atom stereocenters. The van der Waals surface area contributed by atoms with Crippen molar-refractivity contribution in [1.82, 2.24) is 4.98 Å². The van der Waals surface area contributed by atoms with Gasteiger partial charge in [-0.1, -0.05) is 30.3 Å². The number of hydrogen-bond acceptors (Lipinski definition) is 2. The van der Waals surface area contributed by atoms with E-state index in [9.17, 15) is 0 Å². The highest BCUT2D eigenvalue weighted by Gasteiger charge is 2.13. The standard InChI is InChI=1S/C19H20N2/c1-12-5-4-6-17(14(12)3)19(20)16-9-10-18-15(11-16)8-7-13(2)21-18/h4-11,19H,20H2,1-3H3. The predicted octanol–water partition coefficient (Wildman–Crippen LogP) is 4.21. The molecule has 0 bridgehead atoms. The van der Waals surface area contributed by atoms with Gasteiger partial charge in [0.1, 0.15) is 0 Å². The molecule has 0 radical (unpaired) electrons. The lowest BCUT2D eigenvalue weighted by Gasteiger charge is -2.17. The maximum absolute atomic E-state index is 6.49. The van der Waals surface area contributed by atoms with Gasteiger partial charge in [-0.15, -0.1) is 0 Å². The summed E-state index contributed by atoms with van der Waals surface area (Å²) in [4.78, 5) is 4.54. The van der Waals surface area contributed by atoms with Crippen LogP contribution in [0.1, 0.15) is 34.0 Å². The summed E-state index contributed by atoms with van der Waals surface area (Å²) in [6, 6.07) is 16.6. The van der Waals surface area contributed by atoms with Gasteiger partial charge in [-0.25, -0.2) is 0 Å². The van der Waals surface area contributed by atoms with E-state index in [1.807, 2.05) is 13.0 Å². The zero-order valence-electron chi connectivity index (χ0n) is 12.7. The Labute approximate surface area is 125 Å². The first kappa shape index (κ1) is 13.8. The Balaban J connectivity index is 2.07. The number of aromatic nitrogens is 1. The number of aryl methyl sites for hydroxylation is 2. The van der Waals surface area contributed by atoms with Crippen LogP contribution in [0.25, 0.3) is 10.9 Å².